The number of hydrogen-bond acceptors (Lipinski definition) is 6. The second kappa shape index (κ2) is 8.48. The van der Waals surface area contributed by atoms with Crippen LogP contribution in [0, 0.1) is 5.41 Å². The first kappa shape index (κ1) is 23.0. The molecule has 2 saturated carbocycles. The van der Waals surface area contributed by atoms with E-state index in [1.165, 1.54) is 10.5 Å². The van der Waals surface area contributed by atoms with Gasteiger partial charge in [-0.3, -0.25) is 14.3 Å². The van der Waals surface area contributed by atoms with Gasteiger partial charge in [-0.05, 0) is 42.6 Å². The minimum Gasteiger partial charge on any atom is -0.391 e. The smallest absolute Gasteiger partial charge is 0.248 e. The van der Waals surface area contributed by atoms with E-state index in [0.29, 0.717) is 18.4 Å². The first-order valence-corrected chi connectivity index (χ1v) is 12.3. The van der Waals surface area contributed by atoms with E-state index in [2.05, 4.69) is 20.7 Å². The number of rotatable bonds is 7. The molecule has 0 aromatic carbocycles. The van der Waals surface area contributed by atoms with Gasteiger partial charge in [0.15, 0.2) is 0 Å². The maximum absolute atomic E-state index is 13.8. The summed E-state index contributed by atoms with van der Waals surface area (Å²) >= 11 is 0. The summed E-state index contributed by atoms with van der Waals surface area (Å²) < 4.78 is 3.45. The summed E-state index contributed by atoms with van der Waals surface area (Å²) in [6.45, 7) is 6.44. The Labute approximate surface area is 199 Å². The van der Waals surface area contributed by atoms with Crippen molar-refractivity contribution in [3.63, 3.8) is 0 Å². The fraction of sp³-hybridized carbons (Fsp3) is 0.708. The van der Waals surface area contributed by atoms with Crippen LogP contribution in [0.5, 0.6) is 0 Å². The highest BCUT2D eigenvalue weighted by atomic mass is 16.3. The standard InChI is InChI=1S/C24H35N7O3/c1-24(2,3)21(31-13-18(27-28-31)15-7-8-15)23(34)30-12-16(32)9-19(30)22(33)25-11-20-17(14-5-6-14)10-26-29(20)4/h10,13-16,19,21,32H,5-9,11-12H2,1-4H3,(H,25,33)/t16?,19?,21-/m1/s1. The number of carbonyl (C=O) groups is 2. The molecule has 2 unspecified atom stereocenters. The van der Waals surface area contributed by atoms with Gasteiger partial charge in [0, 0.05) is 32.1 Å². The third kappa shape index (κ3) is 4.47. The predicted molar refractivity (Wildman–Crippen MR) is 124 cm³/mol. The van der Waals surface area contributed by atoms with E-state index in [4.69, 9.17) is 0 Å². The zero-order valence-corrected chi connectivity index (χ0v) is 20.4. The van der Waals surface area contributed by atoms with Crippen LogP contribution < -0.4 is 5.32 Å². The van der Waals surface area contributed by atoms with E-state index >= 15 is 0 Å². The highest BCUT2D eigenvalue weighted by Crippen LogP contribution is 2.42. The summed E-state index contributed by atoms with van der Waals surface area (Å²) in [7, 11) is 1.88. The monoisotopic (exact) mass is 469 g/mol. The van der Waals surface area contributed by atoms with Crippen LogP contribution in [0.4, 0.5) is 0 Å². The summed E-state index contributed by atoms with van der Waals surface area (Å²) in [6, 6.07) is -1.34. The zero-order valence-electron chi connectivity index (χ0n) is 20.4. The van der Waals surface area contributed by atoms with Crippen LogP contribution >= 0.6 is 0 Å². The number of nitrogens with one attached hydrogen (secondary N) is 1. The van der Waals surface area contributed by atoms with Crippen molar-refractivity contribution in [3.05, 3.63) is 29.3 Å². The average molecular weight is 470 g/mol. The van der Waals surface area contributed by atoms with Crippen LogP contribution in [-0.2, 0) is 23.2 Å². The molecule has 2 amide bonds. The second-order valence-corrected chi connectivity index (χ2v) is 11.2. The van der Waals surface area contributed by atoms with Gasteiger partial charge >= 0.3 is 0 Å². The Hall–Kier alpha value is -2.75. The minimum absolute atomic E-state index is 0.132. The molecule has 3 aliphatic rings. The number of amides is 2. The Morgan fingerprint density at radius 1 is 1.21 bits per heavy atom. The highest BCUT2D eigenvalue weighted by Gasteiger charge is 2.45. The van der Waals surface area contributed by atoms with E-state index in [1.54, 1.807) is 9.36 Å². The van der Waals surface area contributed by atoms with Gasteiger partial charge in [0.1, 0.15) is 12.1 Å². The van der Waals surface area contributed by atoms with Gasteiger partial charge in [-0.25, -0.2) is 4.68 Å². The van der Waals surface area contributed by atoms with Crippen LogP contribution in [0.3, 0.4) is 0 Å². The molecule has 0 bridgehead atoms. The van der Waals surface area contributed by atoms with E-state index in [1.807, 2.05) is 40.2 Å². The molecule has 3 atom stereocenters. The van der Waals surface area contributed by atoms with Gasteiger partial charge in [-0.2, -0.15) is 5.10 Å². The quantitative estimate of drug-likeness (QED) is 0.636. The summed E-state index contributed by atoms with van der Waals surface area (Å²) in [5, 5.41) is 26.3. The van der Waals surface area contributed by atoms with Crippen molar-refractivity contribution >= 4 is 11.8 Å². The second-order valence-electron chi connectivity index (χ2n) is 11.2. The van der Waals surface area contributed by atoms with Crippen molar-refractivity contribution in [2.45, 2.75) is 89.4 Å². The van der Waals surface area contributed by atoms with Crippen molar-refractivity contribution in [2.75, 3.05) is 6.54 Å². The number of likely N-dealkylation sites (tertiary alicyclic amines) is 1. The van der Waals surface area contributed by atoms with Gasteiger partial charge in [0.25, 0.3) is 0 Å². The summed E-state index contributed by atoms with van der Waals surface area (Å²) in [6.07, 6.45) is 7.76. The molecule has 2 aliphatic carbocycles. The molecule has 1 saturated heterocycles. The fourth-order valence-corrected chi connectivity index (χ4v) is 5.05. The van der Waals surface area contributed by atoms with Crippen molar-refractivity contribution in [1.82, 2.24) is 35.0 Å². The molecule has 34 heavy (non-hydrogen) atoms. The lowest BCUT2D eigenvalue weighted by Crippen LogP contribution is -2.50. The molecule has 10 heteroatoms. The number of nitrogens with zero attached hydrogens (tertiary/aromatic N) is 6. The first-order chi connectivity index (χ1) is 16.1. The molecule has 184 valence electrons. The molecule has 5 rings (SSSR count). The zero-order chi connectivity index (χ0) is 24.2. The van der Waals surface area contributed by atoms with Gasteiger partial charge < -0.3 is 15.3 Å². The number of aryl methyl sites for hydroxylation is 1. The van der Waals surface area contributed by atoms with Gasteiger partial charge in [-0.1, -0.05) is 26.0 Å². The summed E-state index contributed by atoms with van der Waals surface area (Å²) in [5.74, 6) is 0.500. The van der Waals surface area contributed by atoms with Crippen molar-refractivity contribution in [1.29, 1.82) is 0 Å². The lowest BCUT2D eigenvalue weighted by Gasteiger charge is -2.34. The fourth-order valence-electron chi connectivity index (χ4n) is 5.05. The molecule has 2 aromatic rings. The SMILES string of the molecule is Cn1ncc(C2CC2)c1CNC(=O)C1CC(O)CN1C(=O)[C@@H](n1cc(C2CC2)nn1)C(C)(C)C. The summed E-state index contributed by atoms with van der Waals surface area (Å²) in [5.41, 5.74) is 2.65. The molecule has 0 spiro atoms. The van der Waals surface area contributed by atoms with Gasteiger partial charge in [-0.15, -0.1) is 5.10 Å². The molecule has 10 nitrogen and oxygen atoms in total. The number of hydrogen-bond donors (Lipinski definition) is 2. The molecule has 3 heterocycles. The Bertz CT molecular complexity index is 1080. The Balaban J connectivity index is 1.33. The van der Waals surface area contributed by atoms with Crippen LogP contribution in [0.15, 0.2) is 12.4 Å². The van der Waals surface area contributed by atoms with Crippen LogP contribution in [0.1, 0.15) is 87.7 Å². The van der Waals surface area contributed by atoms with Crippen LogP contribution in [0.2, 0.25) is 0 Å². The van der Waals surface area contributed by atoms with E-state index in [-0.39, 0.29) is 24.8 Å². The normalized spacial score (nSPS) is 23.9. The Kier molecular flexibility index (Phi) is 5.74. The lowest BCUT2D eigenvalue weighted by atomic mass is 9.85. The topological polar surface area (TPSA) is 118 Å². The molecule has 2 aromatic heterocycles. The predicted octanol–water partition coefficient (Wildman–Crippen LogP) is 1.63. The van der Waals surface area contributed by atoms with Crippen molar-refractivity contribution in [2.24, 2.45) is 12.5 Å². The van der Waals surface area contributed by atoms with Gasteiger partial charge in [0.05, 0.1) is 30.2 Å². The number of aliphatic hydroxyl groups is 1. The molecular weight excluding hydrogens is 434 g/mol. The Morgan fingerprint density at radius 3 is 2.56 bits per heavy atom. The maximum Gasteiger partial charge on any atom is 0.248 e. The third-order valence-electron chi connectivity index (χ3n) is 7.25. The third-order valence-corrected chi connectivity index (χ3v) is 7.25. The lowest BCUT2D eigenvalue weighted by molar-refractivity contribution is -0.144. The molecule has 3 fully saturated rings. The maximum atomic E-state index is 13.8. The van der Waals surface area contributed by atoms with E-state index in [9.17, 15) is 14.7 Å². The Morgan fingerprint density at radius 2 is 1.91 bits per heavy atom. The first-order valence-electron chi connectivity index (χ1n) is 12.3. The van der Waals surface area contributed by atoms with Crippen LogP contribution in [-0.4, -0.2) is 65.3 Å². The average Bonchev–Trinajstić information content (AvgIpc) is 3.68. The molecular formula is C24H35N7O3. The molecule has 0 radical (unpaired) electrons. The summed E-state index contributed by atoms with van der Waals surface area (Å²) in [4.78, 5) is 28.6. The van der Waals surface area contributed by atoms with E-state index in [0.717, 1.165) is 37.1 Å². The number of aliphatic hydroxyl groups excluding tert-OH is 1. The molecule has 1 aliphatic heterocycles. The highest BCUT2D eigenvalue weighted by molar-refractivity contribution is 5.90. The molecule has 2 N–H and O–H groups in total. The number of aromatic nitrogens is 5. The minimum atomic E-state index is -0.739. The number of carbonyl (C=O) groups excluding carboxylic acids is 2. The van der Waals surface area contributed by atoms with Crippen molar-refractivity contribution < 1.29 is 14.7 Å². The van der Waals surface area contributed by atoms with E-state index < -0.39 is 23.6 Å². The number of β-amino-alcohol motifs (C(OH)–C–C–N with tert-alkyl or cyclic N) is 1. The van der Waals surface area contributed by atoms with Gasteiger partial charge in [0.2, 0.25) is 11.8 Å². The van der Waals surface area contributed by atoms with Crippen molar-refractivity contribution in [3.8, 4) is 0 Å². The van der Waals surface area contributed by atoms with Crippen LogP contribution in [0.25, 0.3) is 0 Å². The largest absolute Gasteiger partial charge is 0.391 e.